The summed E-state index contributed by atoms with van der Waals surface area (Å²) in [6.07, 6.45) is 0. The predicted octanol–water partition coefficient (Wildman–Crippen LogP) is 8.82. The van der Waals surface area contributed by atoms with Crippen molar-refractivity contribution in [2.24, 2.45) is 0 Å². The Labute approximate surface area is 189 Å². The minimum Gasteiger partial charge on any atom is -0.301 e. The zero-order chi connectivity index (χ0) is 21.1. The Hall–Kier alpha value is -3.88. The zero-order valence-corrected chi connectivity index (χ0v) is 18.1. The smallest absolute Gasteiger partial charge is 0.101 e. The van der Waals surface area contributed by atoms with Crippen LogP contribution in [0.5, 0.6) is 0 Å². The third-order valence-corrected chi connectivity index (χ3v) is 7.50. The number of hydrogen-bond donors (Lipinski definition) is 0. The van der Waals surface area contributed by atoms with E-state index in [1.807, 2.05) is 11.3 Å². The van der Waals surface area contributed by atoms with E-state index in [9.17, 15) is 0 Å². The van der Waals surface area contributed by atoms with Gasteiger partial charge in [0.15, 0.2) is 0 Å². The topological polar surface area (TPSA) is 4.93 Å². The van der Waals surface area contributed by atoms with Gasteiger partial charge in [-0.1, -0.05) is 84.9 Å². The second-order valence-electron chi connectivity index (χ2n) is 8.20. The van der Waals surface area contributed by atoms with Crippen LogP contribution in [0.4, 0.5) is 0 Å². The fourth-order valence-electron chi connectivity index (χ4n) is 5.02. The quantitative estimate of drug-likeness (QED) is 0.244. The van der Waals surface area contributed by atoms with E-state index in [1.54, 1.807) is 0 Å². The number of thiophene rings is 1. The van der Waals surface area contributed by atoms with Gasteiger partial charge in [0.05, 0.1) is 11.0 Å². The Morgan fingerprint density at radius 2 is 0.969 bits per heavy atom. The van der Waals surface area contributed by atoms with Gasteiger partial charge in [0, 0.05) is 21.2 Å². The molecule has 0 aliphatic carbocycles. The molecule has 150 valence electrons. The van der Waals surface area contributed by atoms with Crippen molar-refractivity contribution in [1.82, 2.24) is 4.57 Å². The first kappa shape index (κ1) is 17.8. The molecule has 0 amide bonds. The van der Waals surface area contributed by atoms with Crippen LogP contribution in [-0.2, 0) is 0 Å². The van der Waals surface area contributed by atoms with Crippen LogP contribution in [-0.4, -0.2) is 4.57 Å². The fourth-order valence-corrected chi connectivity index (χ4v) is 6.13. The molecule has 2 heteroatoms. The molecule has 0 unspecified atom stereocenters. The molecule has 32 heavy (non-hydrogen) atoms. The lowest BCUT2D eigenvalue weighted by Gasteiger charge is -2.10. The van der Waals surface area contributed by atoms with Gasteiger partial charge in [0.2, 0.25) is 0 Å². The van der Waals surface area contributed by atoms with E-state index in [2.05, 4.69) is 120 Å². The van der Waals surface area contributed by atoms with Crippen molar-refractivity contribution in [2.45, 2.75) is 0 Å². The molecular weight excluding hydrogens is 406 g/mol. The molecule has 0 bridgehead atoms. The largest absolute Gasteiger partial charge is 0.301 e. The van der Waals surface area contributed by atoms with Crippen LogP contribution in [0.25, 0.3) is 58.8 Å². The lowest BCUT2D eigenvalue weighted by atomic mass is 9.96. The van der Waals surface area contributed by atoms with Crippen LogP contribution in [0.15, 0.2) is 115 Å². The minimum absolute atomic E-state index is 1.24. The summed E-state index contributed by atoms with van der Waals surface area (Å²) >= 11 is 1.87. The highest BCUT2D eigenvalue weighted by molar-refractivity contribution is 7.18. The second kappa shape index (κ2) is 6.81. The summed E-state index contributed by atoms with van der Waals surface area (Å²) in [4.78, 5) is 1.30. The molecule has 0 saturated carbocycles. The van der Waals surface area contributed by atoms with E-state index in [4.69, 9.17) is 0 Å². The molecule has 0 aliphatic heterocycles. The van der Waals surface area contributed by atoms with Gasteiger partial charge in [-0.15, -0.1) is 11.3 Å². The summed E-state index contributed by atoms with van der Waals surface area (Å²) in [5.74, 6) is 0. The predicted molar refractivity (Wildman–Crippen MR) is 139 cm³/mol. The van der Waals surface area contributed by atoms with Gasteiger partial charge in [0.1, 0.15) is 5.00 Å². The Balaban J connectivity index is 1.54. The molecule has 7 aromatic rings. The molecule has 0 saturated heterocycles. The first-order valence-corrected chi connectivity index (χ1v) is 11.7. The third kappa shape index (κ3) is 2.50. The average Bonchev–Trinajstić information content (AvgIpc) is 3.45. The number of para-hydroxylation sites is 2. The van der Waals surface area contributed by atoms with Crippen molar-refractivity contribution < 1.29 is 0 Å². The lowest BCUT2D eigenvalue weighted by Crippen LogP contribution is -1.89. The molecular formula is C30H19NS. The number of fused-ring (bicyclic) bond motifs is 5. The van der Waals surface area contributed by atoms with Crippen molar-refractivity contribution in [3.05, 3.63) is 115 Å². The molecule has 2 heterocycles. The van der Waals surface area contributed by atoms with Gasteiger partial charge in [-0.3, -0.25) is 0 Å². The molecule has 0 fully saturated rings. The zero-order valence-electron chi connectivity index (χ0n) is 17.3. The van der Waals surface area contributed by atoms with Crippen molar-refractivity contribution in [2.75, 3.05) is 0 Å². The highest BCUT2D eigenvalue weighted by atomic mass is 32.1. The minimum atomic E-state index is 1.24. The molecule has 0 spiro atoms. The summed E-state index contributed by atoms with van der Waals surface area (Å²) in [5, 5.41) is 9.03. The third-order valence-electron chi connectivity index (χ3n) is 6.41. The van der Waals surface area contributed by atoms with Gasteiger partial charge < -0.3 is 4.57 Å². The normalized spacial score (nSPS) is 11.8. The fraction of sp³-hybridized carbons (Fsp3) is 0. The lowest BCUT2D eigenvalue weighted by molar-refractivity contribution is 1.22. The van der Waals surface area contributed by atoms with Crippen molar-refractivity contribution in [3.63, 3.8) is 0 Å². The summed E-state index contributed by atoms with van der Waals surface area (Å²) in [7, 11) is 0. The molecule has 0 aliphatic rings. The Morgan fingerprint density at radius 1 is 0.469 bits per heavy atom. The first-order chi connectivity index (χ1) is 15.9. The molecule has 5 aromatic carbocycles. The molecule has 0 radical (unpaired) electrons. The van der Waals surface area contributed by atoms with E-state index in [1.165, 1.54) is 58.8 Å². The molecule has 2 aromatic heterocycles. The Kier molecular flexibility index (Phi) is 3.78. The molecule has 7 rings (SSSR count). The number of aromatic nitrogens is 1. The van der Waals surface area contributed by atoms with Gasteiger partial charge in [-0.25, -0.2) is 0 Å². The van der Waals surface area contributed by atoms with Gasteiger partial charge in [0.25, 0.3) is 0 Å². The van der Waals surface area contributed by atoms with E-state index in [0.717, 1.165) is 0 Å². The van der Waals surface area contributed by atoms with Gasteiger partial charge in [-0.05, 0) is 51.9 Å². The summed E-state index contributed by atoms with van der Waals surface area (Å²) in [6.45, 7) is 0. The van der Waals surface area contributed by atoms with Gasteiger partial charge in [-0.2, -0.15) is 0 Å². The number of hydrogen-bond acceptors (Lipinski definition) is 1. The standard InChI is InChI=1S/C30H19NS/c1-3-11-22-20(9-1)19-21-10-2-4-12-23(21)30(22)28-17-18-29(32-28)31-26-15-7-5-13-24(26)25-14-6-8-16-27(25)31/h1-19H. The molecule has 0 atom stereocenters. The van der Waals surface area contributed by atoms with Crippen molar-refractivity contribution in [3.8, 4) is 15.4 Å². The van der Waals surface area contributed by atoms with E-state index in [-0.39, 0.29) is 0 Å². The van der Waals surface area contributed by atoms with Crippen LogP contribution < -0.4 is 0 Å². The highest BCUT2D eigenvalue weighted by Gasteiger charge is 2.16. The summed E-state index contributed by atoms with van der Waals surface area (Å²) in [5.41, 5.74) is 3.84. The van der Waals surface area contributed by atoms with E-state index in [0.29, 0.717) is 0 Å². The first-order valence-electron chi connectivity index (χ1n) is 10.9. The Bertz CT molecular complexity index is 1680. The Morgan fingerprint density at radius 3 is 1.56 bits per heavy atom. The number of benzene rings is 5. The SMILES string of the molecule is c1ccc2c(-c3ccc(-n4c5ccccc5c5ccccc54)s3)c3ccccc3cc2c1. The monoisotopic (exact) mass is 425 g/mol. The van der Waals surface area contributed by atoms with Crippen molar-refractivity contribution >= 4 is 54.7 Å². The van der Waals surface area contributed by atoms with Crippen molar-refractivity contribution in [1.29, 1.82) is 0 Å². The van der Waals surface area contributed by atoms with Crippen LogP contribution in [0.2, 0.25) is 0 Å². The number of rotatable bonds is 2. The second-order valence-corrected chi connectivity index (χ2v) is 9.26. The maximum atomic E-state index is 2.41. The number of nitrogens with zero attached hydrogens (tertiary/aromatic N) is 1. The maximum absolute atomic E-state index is 2.41. The van der Waals surface area contributed by atoms with E-state index < -0.39 is 0 Å². The average molecular weight is 426 g/mol. The summed E-state index contributed by atoms with van der Waals surface area (Å²) in [6, 6.07) is 41.7. The van der Waals surface area contributed by atoms with Gasteiger partial charge >= 0.3 is 0 Å². The van der Waals surface area contributed by atoms with Crippen LogP contribution >= 0.6 is 11.3 Å². The van der Waals surface area contributed by atoms with Crippen LogP contribution in [0.3, 0.4) is 0 Å². The molecule has 0 N–H and O–H groups in total. The summed E-state index contributed by atoms with van der Waals surface area (Å²) < 4.78 is 2.41. The van der Waals surface area contributed by atoms with Crippen LogP contribution in [0.1, 0.15) is 0 Å². The van der Waals surface area contributed by atoms with Crippen LogP contribution in [0, 0.1) is 0 Å². The highest BCUT2D eigenvalue weighted by Crippen LogP contribution is 2.42. The van der Waals surface area contributed by atoms with E-state index >= 15 is 0 Å². The molecule has 1 nitrogen and oxygen atoms in total. The maximum Gasteiger partial charge on any atom is 0.101 e.